The van der Waals surface area contributed by atoms with Crippen molar-refractivity contribution in [3.05, 3.63) is 24.3 Å². The second-order valence-corrected chi connectivity index (χ2v) is 5.07. The van der Waals surface area contributed by atoms with E-state index in [2.05, 4.69) is 15.7 Å². The molecule has 0 radical (unpaired) electrons. The highest BCUT2D eigenvalue weighted by Crippen LogP contribution is 2.20. The van der Waals surface area contributed by atoms with Crippen LogP contribution in [0.5, 0.6) is 6.01 Å². The fourth-order valence-electron chi connectivity index (χ4n) is 2.06. The first-order chi connectivity index (χ1) is 12.0. The van der Waals surface area contributed by atoms with Crippen LogP contribution in [0.1, 0.15) is 27.2 Å². The molecule has 0 spiro atoms. The lowest BCUT2D eigenvalue weighted by Gasteiger charge is -2.15. The summed E-state index contributed by atoms with van der Waals surface area (Å²) in [5.74, 6) is 0. The number of rotatable bonds is 7. The van der Waals surface area contributed by atoms with Crippen LogP contribution < -0.4 is 15.5 Å². The number of hydrogen-bond donors (Lipinski definition) is 2. The number of fused-ring (bicyclic) bond motifs is 1. The summed E-state index contributed by atoms with van der Waals surface area (Å²) >= 11 is 0. The van der Waals surface area contributed by atoms with Gasteiger partial charge in [0.2, 0.25) is 6.29 Å². The van der Waals surface area contributed by atoms with E-state index in [1.54, 1.807) is 38.1 Å². The third-order valence-electron chi connectivity index (χ3n) is 3.11. The lowest BCUT2D eigenvalue weighted by molar-refractivity contribution is -0.0835. The van der Waals surface area contributed by atoms with E-state index in [1.807, 2.05) is 6.92 Å². The monoisotopic (exact) mass is 350 g/mol. The number of hydrogen-bond acceptors (Lipinski definition) is 6. The van der Waals surface area contributed by atoms with E-state index < -0.39 is 18.5 Å². The van der Waals surface area contributed by atoms with Gasteiger partial charge in [-0.1, -0.05) is 19.1 Å². The molecule has 2 amide bonds. The summed E-state index contributed by atoms with van der Waals surface area (Å²) in [6.45, 7) is 6.20. The highest BCUT2D eigenvalue weighted by molar-refractivity contribution is 5.83. The van der Waals surface area contributed by atoms with Crippen molar-refractivity contribution in [2.75, 3.05) is 18.6 Å². The molecule has 0 fully saturated rings. The number of nitrogens with zero attached hydrogens (tertiary/aromatic N) is 2. The predicted molar refractivity (Wildman–Crippen MR) is 91.0 cm³/mol. The fourth-order valence-corrected chi connectivity index (χ4v) is 2.06. The Hall–Kier alpha value is -2.81. The van der Waals surface area contributed by atoms with Crippen molar-refractivity contribution in [3.8, 4) is 6.01 Å². The van der Waals surface area contributed by atoms with Gasteiger partial charge in [-0.25, -0.2) is 15.0 Å². The number of para-hydroxylation sites is 2. The van der Waals surface area contributed by atoms with Gasteiger partial charge in [0, 0.05) is 13.2 Å². The summed E-state index contributed by atoms with van der Waals surface area (Å²) in [4.78, 5) is 28.0. The Balaban J connectivity index is 2.19. The number of ether oxygens (including phenoxy) is 3. The molecule has 1 atom stereocenters. The van der Waals surface area contributed by atoms with Crippen LogP contribution in [-0.4, -0.2) is 41.3 Å². The highest BCUT2D eigenvalue weighted by atomic mass is 16.7. The molecule has 2 rings (SSSR count). The Kier molecular flexibility index (Phi) is 6.58. The van der Waals surface area contributed by atoms with Gasteiger partial charge in [0.15, 0.2) is 0 Å². The van der Waals surface area contributed by atoms with Crippen molar-refractivity contribution in [1.82, 2.24) is 15.0 Å². The summed E-state index contributed by atoms with van der Waals surface area (Å²) in [6, 6.07) is 6.95. The molecule has 2 N–H and O–H groups in total. The zero-order chi connectivity index (χ0) is 18.2. The van der Waals surface area contributed by atoms with Crippen LogP contribution in [0.4, 0.5) is 9.59 Å². The van der Waals surface area contributed by atoms with Crippen LogP contribution in [0, 0.1) is 0 Å². The van der Waals surface area contributed by atoms with Crippen molar-refractivity contribution in [1.29, 1.82) is 0 Å². The van der Waals surface area contributed by atoms with E-state index >= 15 is 0 Å². The van der Waals surface area contributed by atoms with E-state index in [1.165, 1.54) is 4.68 Å². The molecule has 136 valence electrons. The molecule has 0 aliphatic heterocycles. The normalized spacial score (nSPS) is 11.8. The standard InChI is InChI=1S/C16H22N4O5/c1-4-10-17-15(21)25-14-18-12-8-6-7-9-13(12)20(14)19-16(22)24-11(3)23-5-2/h6-9,11H,4-5,10H2,1-3H3,(H,17,21)(H,19,22). The van der Waals surface area contributed by atoms with Gasteiger partial charge in [0.25, 0.3) is 0 Å². The molecule has 9 heteroatoms. The van der Waals surface area contributed by atoms with Crippen molar-refractivity contribution in [2.45, 2.75) is 33.5 Å². The second kappa shape index (κ2) is 8.88. The maximum atomic E-state index is 12.0. The molecule has 0 aliphatic rings. The summed E-state index contributed by atoms with van der Waals surface area (Å²) in [6.07, 6.45) is -1.36. The zero-order valence-electron chi connectivity index (χ0n) is 14.4. The average Bonchev–Trinajstić information content (AvgIpc) is 2.90. The third-order valence-corrected chi connectivity index (χ3v) is 3.11. The number of carbonyl (C=O) groups is 2. The van der Waals surface area contributed by atoms with Gasteiger partial charge in [0.05, 0.1) is 11.0 Å². The van der Waals surface area contributed by atoms with Crippen molar-refractivity contribution in [2.24, 2.45) is 0 Å². The zero-order valence-corrected chi connectivity index (χ0v) is 14.4. The Morgan fingerprint density at radius 1 is 1.24 bits per heavy atom. The van der Waals surface area contributed by atoms with Gasteiger partial charge < -0.3 is 19.5 Å². The van der Waals surface area contributed by atoms with Gasteiger partial charge in [-0.05, 0) is 32.4 Å². The average molecular weight is 350 g/mol. The Morgan fingerprint density at radius 3 is 2.72 bits per heavy atom. The minimum absolute atomic E-state index is 0.0733. The number of carbonyl (C=O) groups excluding carboxylic acids is 2. The van der Waals surface area contributed by atoms with Crippen LogP contribution in [0.15, 0.2) is 24.3 Å². The smallest absolute Gasteiger partial charge is 0.419 e. The van der Waals surface area contributed by atoms with Gasteiger partial charge in [-0.2, -0.15) is 9.66 Å². The summed E-state index contributed by atoms with van der Waals surface area (Å²) < 4.78 is 16.7. The van der Waals surface area contributed by atoms with Crippen molar-refractivity contribution < 1.29 is 23.8 Å². The number of aromatic nitrogens is 2. The van der Waals surface area contributed by atoms with E-state index in [0.29, 0.717) is 24.2 Å². The SMILES string of the molecule is CCCNC(=O)Oc1nc2ccccc2n1NC(=O)OC(C)OCC. The first-order valence-electron chi connectivity index (χ1n) is 8.07. The molecule has 2 aromatic rings. The predicted octanol–water partition coefficient (Wildman–Crippen LogP) is 2.60. The Morgan fingerprint density at radius 2 is 2.00 bits per heavy atom. The highest BCUT2D eigenvalue weighted by Gasteiger charge is 2.18. The molecule has 1 unspecified atom stereocenters. The molecule has 1 heterocycles. The molecular weight excluding hydrogens is 328 g/mol. The molecule has 0 aliphatic carbocycles. The summed E-state index contributed by atoms with van der Waals surface area (Å²) in [5.41, 5.74) is 3.60. The molecule has 0 saturated heterocycles. The lowest BCUT2D eigenvalue weighted by Crippen LogP contribution is -2.31. The minimum atomic E-state index is -0.761. The van der Waals surface area contributed by atoms with Crippen molar-refractivity contribution >= 4 is 23.2 Å². The number of imidazole rings is 1. The van der Waals surface area contributed by atoms with Crippen LogP contribution in [0.25, 0.3) is 11.0 Å². The van der Waals surface area contributed by atoms with E-state index in [-0.39, 0.29) is 6.01 Å². The van der Waals surface area contributed by atoms with Gasteiger partial charge in [-0.15, -0.1) is 0 Å². The molecule has 25 heavy (non-hydrogen) atoms. The number of amides is 2. The van der Waals surface area contributed by atoms with Gasteiger partial charge in [-0.3, -0.25) is 0 Å². The quantitative estimate of drug-likeness (QED) is 0.744. The maximum Gasteiger partial charge on any atom is 0.428 e. The van der Waals surface area contributed by atoms with Crippen LogP contribution in [0.2, 0.25) is 0 Å². The molecule has 0 bridgehead atoms. The van der Waals surface area contributed by atoms with Crippen LogP contribution in [-0.2, 0) is 9.47 Å². The first kappa shape index (κ1) is 18.5. The van der Waals surface area contributed by atoms with E-state index in [4.69, 9.17) is 14.2 Å². The largest absolute Gasteiger partial charge is 0.428 e. The van der Waals surface area contributed by atoms with Crippen LogP contribution in [0.3, 0.4) is 0 Å². The van der Waals surface area contributed by atoms with E-state index in [9.17, 15) is 9.59 Å². The minimum Gasteiger partial charge on any atom is -0.419 e. The fraction of sp³-hybridized carbons (Fsp3) is 0.438. The summed E-state index contributed by atoms with van der Waals surface area (Å²) in [7, 11) is 0. The molecule has 1 aromatic carbocycles. The van der Waals surface area contributed by atoms with Crippen LogP contribution >= 0.6 is 0 Å². The third kappa shape index (κ3) is 5.08. The number of nitrogens with one attached hydrogen (secondary N) is 2. The van der Waals surface area contributed by atoms with Gasteiger partial charge >= 0.3 is 18.2 Å². The summed E-state index contributed by atoms with van der Waals surface area (Å²) in [5, 5.41) is 2.58. The molecule has 0 saturated carbocycles. The first-order valence-corrected chi connectivity index (χ1v) is 8.07. The Labute approximate surface area is 145 Å². The van der Waals surface area contributed by atoms with E-state index in [0.717, 1.165) is 6.42 Å². The maximum absolute atomic E-state index is 12.0. The Bertz CT molecular complexity index is 730. The molecule has 9 nitrogen and oxygen atoms in total. The molecular formula is C16H22N4O5. The molecule has 1 aromatic heterocycles. The second-order valence-electron chi connectivity index (χ2n) is 5.07. The lowest BCUT2D eigenvalue weighted by atomic mass is 10.3. The topological polar surface area (TPSA) is 104 Å². The van der Waals surface area contributed by atoms with Crippen molar-refractivity contribution in [3.63, 3.8) is 0 Å². The van der Waals surface area contributed by atoms with Gasteiger partial charge in [0.1, 0.15) is 0 Å². The number of benzene rings is 1.